The Morgan fingerprint density at radius 1 is 1.39 bits per heavy atom. The molecule has 1 heterocycles. The quantitative estimate of drug-likeness (QED) is 0.756. The van der Waals surface area contributed by atoms with Crippen LogP contribution in [0, 0.1) is 5.82 Å². The van der Waals surface area contributed by atoms with Gasteiger partial charge in [-0.25, -0.2) is 4.39 Å². The molecule has 98 valence electrons. The van der Waals surface area contributed by atoms with Crippen LogP contribution in [0.2, 0.25) is 0 Å². The van der Waals surface area contributed by atoms with E-state index in [9.17, 15) is 9.18 Å². The smallest absolute Gasteiger partial charge is 0.306 e. The molecule has 0 N–H and O–H groups in total. The second kappa shape index (κ2) is 6.50. The van der Waals surface area contributed by atoms with E-state index in [4.69, 9.17) is 9.47 Å². The number of ether oxygens (including phenoxy) is 2. The van der Waals surface area contributed by atoms with E-state index in [-0.39, 0.29) is 24.5 Å². The number of hydrogen-bond donors (Lipinski definition) is 0. The zero-order valence-corrected chi connectivity index (χ0v) is 10.2. The highest BCUT2D eigenvalue weighted by molar-refractivity contribution is 5.69. The Labute approximate surface area is 106 Å². The van der Waals surface area contributed by atoms with Crippen molar-refractivity contribution in [3.05, 3.63) is 35.6 Å². The topological polar surface area (TPSA) is 35.5 Å². The van der Waals surface area contributed by atoms with E-state index in [0.717, 1.165) is 31.4 Å². The van der Waals surface area contributed by atoms with Crippen LogP contribution in [0.25, 0.3) is 0 Å². The molecular formula is C14H17FO3. The Hall–Kier alpha value is -1.42. The van der Waals surface area contributed by atoms with Gasteiger partial charge in [0.1, 0.15) is 12.4 Å². The van der Waals surface area contributed by atoms with Crippen LogP contribution in [0.1, 0.15) is 31.2 Å². The first-order chi connectivity index (χ1) is 8.74. The van der Waals surface area contributed by atoms with Gasteiger partial charge >= 0.3 is 5.97 Å². The van der Waals surface area contributed by atoms with E-state index in [0.29, 0.717) is 6.42 Å². The number of carbonyl (C=O) groups is 1. The average Bonchev–Trinajstić information content (AvgIpc) is 2.89. The van der Waals surface area contributed by atoms with Gasteiger partial charge in [-0.1, -0.05) is 12.1 Å². The van der Waals surface area contributed by atoms with Gasteiger partial charge in [0.15, 0.2) is 0 Å². The van der Waals surface area contributed by atoms with Crippen molar-refractivity contribution in [3.8, 4) is 0 Å². The maximum Gasteiger partial charge on any atom is 0.306 e. The first kappa shape index (κ1) is 13.0. The summed E-state index contributed by atoms with van der Waals surface area (Å²) in [6.07, 6.45) is 3.43. The normalized spacial score (nSPS) is 18.8. The molecule has 2 rings (SSSR count). The van der Waals surface area contributed by atoms with Gasteiger partial charge in [-0.15, -0.1) is 0 Å². The van der Waals surface area contributed by atoms with E-state index in [1.807, 2.05) is 0 Å². The summed E-state index contributed by atoms with van der Waals surface area (Å²) in [5, 5.41) is 0. The molecule has 1 fully saturated rings. The van der Waals surface area contributed by atoms with Crippen molar-refractivity contribution in [3.63, 3.8) is 0 Å². The highest BCUT2D eigenvalue weighted by Crippen LogP contribution is 2.17. The van der Waals surface area contributed by atoms with Gasteiger partial charge in [-0.05, 0) is 37.0 Å². The van der Waals surface area contributed by atoms with E-state index < -0.39 is 0 Å². The van der Waals surface area contributed by atoms with Crippen LogP contribution in [0.4, 0.5) is 4.39 Å². The Bertz CT molecular complexity index is 383. The summed E-state index contributed by atoms with van der Waals surface area (Å²) in [6, 6.07) is 5.94. The molecule has 3 nitrogen and oxygen atoms in total. The van der Waals surface area contributed by atoms with Gasteiger partial charge in [0.25, 0.3) is 0 Å². The minimum absolute atomic E-state index is 0.199. The molecular weight excluding hydrogens is 235 g/mol. The zero-order chi connectivity index (χ0) is 12.8. The molecule has 1 aliphatic heterocycles. The maximum atomic E-state index is 12.7. The summed E-state index contributed by atoms with van der Waals surface area (Å²) >= 11 is 0. The Morgan fingerprint density at radius 3 is 2.83 bits per heavy atom. The van der Waals surface area contributed by atoms with Crippen molar-refractivity contribution in [1.29, 1.82) is 0 Å². The molecule has 0 aromatic heterocycles. The highest BCUT2D eigenvalue weighted by Gasteiger charge is 2.17. The summed E-state index contributed by atoms with van der Waals surface area (Å²) in [4.78, 5) is 11.5. The molecule has 0 bridgehead atoms. The molecule has 4 heteroatoms. The van der Waals surface area contributed by atoms with Gasteiger partial charge in [0, 0.05) is 13.0 Å². The summed E-state index contributed by atoms with van der Waals surface area (Å²) < 4.78 is 23.2. The molecule has 1 saturated heterocycles. The average molecular weight is 252 g/mol. The SMILES string of the molecule is O=C(CCC1CCCO1)OCc1ccc(F)cc1. The monoisotopic (exact) mass is 252 g/mol. The molecule has 1 aromatic rings. The number of rotatable bonds is 5. The van der Waals surface area contributed by atoms with Crippen LogP contribution in [0.5, 0.6) is 0 Å². The van der Waals surface area contributed by atoms with Gasteiger partial charge in [0.05, 0.1) is 6.10 Å². The Kier molecular flexibility index (Phi) is 4.70. The van der Waals surface area contributed by atoms with Gasteiger partial charge in [-0.2, -0.15) is 0 Å². The lowest BCUT2D eigenvalue weighted by Gasteiger charge is -2.09. The third-order valence-corrected chi connectivity index (χ3v) is 3.01. The number of hydrogen-bond acceptors (Lipinski definition) is 3. The molecule has 18 heavy (non-hydrogen) atoms. The number of halogens is 1. The Balaban J connectivity index is 1.66. The van der Waals surface area contributed by atoms with Crippen molar-refractivity contribution in [2.75, 3.05) is 6.61 Å². The third kappa shape index (κ3) is 4.11. The predicted molar refractivity (Wildman–Crippen MR) is 64.4 cm³/mol. The zero-order valence-electron chi connectivity index (χ0n) is 10.2. The molecule has 0 amide bonds. The first-order valence-electron chi connectivity index (χ1n) is 6.26. The Morgan fingerprint density at radius 2 is 2.17 bits per heavy atom. The van der Waals surface area contributed by atoms with Gasteiger partial charge in [-0.3, -0.25) is 4.79 Å². The molecule has 1 aliphatic rings. The van der Waals surface area contributed by atoms with Crippen LogP contribution in [-0.2, 0) is 20.9 Å². The maximum absolute atomic E-state index is 12.7. The summed E-state index contributed by atoms with van der Waals surface area (Å²) in [6.45, 7) is 1.000. The minimum atomic E-state index is -0.288. The fraction of sp³-hybridized carbons (Fsp3) is 0.500. The molecule has 1 atom stereocenters. The number of benzene rings is 1. The fourth-order valence-corrected chi connectivity index (χ4v) is 1.97. The molecule has 0 radical (unpaired) electrons. The second-order valence-corrected chi connectivity index (χ2v) is 4.46. The predicted octanol–water partition coefficient (Wildman–Crippen LogP) is 2.83. The largest absolute Gasteiger partial charge is 0.461 e. The van der Waals surface area contributed by atoms with Crippen LogP contribution in [0.3, 0.4) is 0 Å². The lowest BCUT2D eigenvalue weighted by molar-refractivity contribution is -0.145. The van der Waals surface area contributed by atoms with E-state index in [1.54, 1.807) is 12.1 Å². The van der Waals surface area contributed by atoms with E-state index >= 15 is 0 Å². The van der Waals surface area contributed by atoms with Crippen LogP contribution >= 0.6 is 0 Å². The van der Waals surface area contributed by atoms with Gasteiger partial charge in [0.2, 0.25) is 0 Å². The molecule has 0 aliphatic carbocycles. The van der Waals surface area contributed by atoms with Crippen LogP contribution in [-0.4, -0.2) is 18.7 Å². The number of carbonyl (C=O) groups excluding carboxylic acids is 1. The summed E-state index contributed by atoms with van der Waals surface area (Å²) in [5.41, 5.74) is 0.793. The minimum Gasteiger partial charge on any atom is -0.461 e. The lowest BCUT2D eigenvalue weighted by Crippen LogP contribution is -2.11. The van der Waals surface area contributed by atoms with Crippen molar-refractivity contribution in [2.45, 2.75) is 38.4 Å². The van der Waals surface area contributed by atoms with Crippen LogP contribution < -0.4 is 0 Å². The van der Waals surface area contributed by atoms with Crippen molar-refractivity contribution >= 4 is 5.97 Å². The lowest BCUT2D eigenvalue weighted by atomic mass is 10.1. The molecule has 1 unspecified atom stereocenters. The molecule has 0 spiro atoms. The standard InChI is InChI=1S/C14H17FO3/c15-12-5-3-11(4-6-12)10-18-14(16)8-7-13-2-1-9-17-13/h3-6,13H,1-2,7-10H2. The summed E-state index contributed by atoms with van der Waals surface area (Å²) in [7, 11) is 0. The van der Waals surface area contributed by atoms with E-state index in [2.05, 4.69) is 0 Å². The molecule has 0 saturated carbocycles. The molecule has 1 aromatic carbocycles. The van der Waals surface area contributed by atoms with E-state index in [1.165, 1.54) is 12.1 Å². The number of esters is 1. The fourth-order valence-electron chi connectivity index (χ4n) is 1.97. The van der Waals surface area contributed by atoms with Gasteiger partial charge < -0.3 is 9.47 Å². The van der Waals surface area contributed by atoms with Crippen molar-refractivity contribution in [1.82, 2.24) is 0 Å². The highest BCUT2D eigenvalue weighted by atomic mass is 19.1. The second-order valence-electron chi connectivity index (χ2n) is 4.46. The van der Waals surface area contributed by atoms with Crippen molar-refractivity contribution < 1.29 is 18.7 Å². The van der Waals surface area contributed by atoms with Crippen LogP contribution in [0.15, 0.2) is 24.3 Å². The third-order valence-electron chi connectivity index (χ3n) is 3.01. The first-order valence-corrected chi connectivity index (χ1v) is 6.26. The summed E-state index contributed by atoms with van der Waals surface area (Å²) in [5.74, 6) is -0.515. The van der Waals surface area contributed by atoms with Crippen molar-refractivity contribution in [2.24, 2.45) is 0 Å².